The maximum absolute atomic E-state index is 8.09. The average molecular weight is 201 g/mol. The summed E-state index contributed by atoms with van der Waals surface area (Å²) in [5.41, 5.74) is 2.04. The Hall–Kier alpha value is -1.63. The van der Waals surface area contributed by atoms with Gasteiger partial charge in [-0.2, -0.15) is 0 Å². The van der Waals surface area contributed by atoms with Crippen LogP contribution in [0.5, 0.6) is 0 Å². The molecule has 1 heteroatoms. The van der Waals surface area contributed by atoms with E-state index in [2.05, 4.69) is 4.98 Å². The highest BCUT2D eigenvalue weighted by Gasteiger charge is 2.02. The Morgan fingerprint density at radius 3 is 2.80 bits per heavy atom. The van der Waals surface area contributed by atoms with Gasteiger partial charge in [0, 0.05) is 17.2 Å². The second-order valence-corrected chi connectivity index (χ2v) is 3.42. The maximum atomic E-state index is 8.09. The normalized spacial score (nSPS) is 19.3. The highest BCUT2D eigenvalue weighted by Crippen LogP contribution is 2.21. The van der Waals surface area contributed by atoms with Gasteiger partial charge in [-0.3, -0.25) is 4.98 Å². The van der Waals surface area contributed by atoms with Crippen molar-refractivity contribution in [2.45, 2.75) is 19.7 Å². The van der Waals surface area contributed by atoms with Crippen molar-refractivity contribution >= 4 is 0 Å². The van der Waals surface area contributed by atoms with Crippen molar-refractivity contribution in [2.75, 3.05) is 0 Å². The Labute approximate surface area is 96.4 Å². The van der Waals surface area contributed by atoms with Crippen LogP contribution in [0.25, 0.3) is 11.3 Å². The van der Waals surface area contributed by atoms with Gasteiger partial charge in [0.05, 0.1) is 5.69 Å². The second kappa shape index (κ2) is 4.26. The van der Waals surface area contributed by atoms with Crippen LogP contribution in [0.2, 0.25) is 0 Å². The van der Waals surface area contributed by atoms with Crippen LogP contribution in [0.15, 0.2) is 48.7 Å². The van der Waals surface area contributed by atoms with E-state index >= 15 is 0 Å². The highest BCUT2D eigenvalue weighted by atomic mass is 14.7. The van der Waals surface area contributed by atoms with Gasteiger partial charge in [0.25, 0.3) is 0 Å². The van der Waals surface area contributed by atoms with Crippen molar-refractivity contribution in [1.82, 2.24) is 4.98 Å². The Kier molecular flexibility index (Phi) is 1.72. The van der Waals surface area contributed by atoms with E-state index in [1.807, 2.05) is 30.3 Å². The van der Waals surface area contributed by atoms with Gasteiger partial charge >= 0.3 is 0 Å². The SMILES string of the molecule is [2H]C([2H])([2H])C([2H])(C)c1ccnc(-c2ccccc2)c1. The van der Waals surface area contributed by atoms with E-state index in [4.69, 9.17) is 5.48 Å². The molecule has 1 atom stereocenters. The van der Waals surface area contributed by atoms with E-state index in [-0.39, 0.29) is 0 Å². The van der Waals surface area contributed by atoms with Crippen LogP contribution in [0.1, 0.15) is 30.7 Å². The fourth-order valence-electron chi connectivity index (χ4n) is 1.43. The first-order valence-electron chi connectivity index (χ1n) is 6.84. The quantitative estimate of drug-likeness (QED) is 0.718. The monoisotopic (exact) mass is 201 g/mol. The molecule has 0 saturated heterocycles. The molecule has 0 amide bonds. The van der Waals surface area contributed by atoms with Gasteiger partial charge in [-0.05, 0) is 23.6 Å². The average Bonchev–Trinajstić information content (AvgIpc) is 2.39. The molecule has 0 N–H and O–H groups in total. The van der Waals surface area contributed by atoms with Crippen LogP contribution in [0, 0.1) is 0 Å². The summed E-state index contributed by atoms with van der Waals surface area (Å²) in [6, 6.07) is 12.8. The summed E-state index contributed by atoms with van der Waals surface area (Å²) in [5, 5.41) is 0. The molecule has 0 radical (unpaired) electrons. The van der Waals surface area contributed by atoms with Crippen LogP contribution in [-0.4, -0.2) is 4.98 Å². The largest absolute Gasteiger partial charge is 0.256 e. The first-order chi connectivity index (χ1) is 8.82. The number of pyridine rings is 1. The zero-order valence-corrected chi connectivity index (χ0v) is 8.57. The summed E-state index contributed by atoms with van der Waals surface area (Å²) in [6.45, 7) is -0.966. The van der Waals surface area contributed by atoms with Crippen LogP contribution in [0.4, 0.5) is 0 Å². The summed E-state index contributed by atoms with van der Waals surface area (Å²) in [6.07, 6.45) is 1.55. The molecule has 1 heterocycles. The van der Waals surface area contributed by atoms with E-state index in [1.165, 1.54) is 6.92 Å². The molecule has 15 heavy (non-hydrogen) atoms. The molecule has 0 fully saturated rings. The number of hydrogen-bond acceptors (Lipinski definition) is 1. The summed E-state index contributed by atoms with van der Waals surface area (Å²) in [4.78, 5) is 4.24. The zero-order chi connectivity index (χ0) is 14.1. The van der Waals surface area contributed by atoms with Crippen molar-refractivity contribution < 1.29 is 5.48 Å². The van der Waals surface area contributed by atoms with Crippen molar-refractivity contribution in [1.29, 1.82) is 0 Å². The molecule has 2 rings (SSSR count). The smallest absolute Gasteiger partial charge is 0.0704 e. The Morgan fingerprint density at radius 1 is 1.27 bits per heavy atom. The minimum atomic E-state index is -2.37. The lowest BCUT2D eigenvalue weighted by molar-refractivity contribution is 0.864. The lowest BCUT2D eigenvalue weighted by atomic mass is 10.0. The van der Waals surface area contributed by atoms with Crippen LogP contribution < -0.4 is 0 Å². The topological polar surface area (TPSA) is 12.9 Å². The standard InChI is InChI=1S/C14H15N/c1-11(2)13-8-9-15-14(10-13)12-6-4-3-5-7-12/h3-11H,1-2H3/i1D3,11D. The molecule has 0 spiro atoms. The molecule has 1 nitrogen and oxygen atoms in total. The first kappa shape index (κ1) is 6.06. The number of hydrogen-bond donors (Lipinski definition) is 0. The predicted octanol–water partition coefficient (Wildman–Crippen LogP) is 3.87. The first-order valence-corrected chi connectivity index (χ1v) is 4.84. The molecule has 0 aliphatic rings. The fourth-order valence-corrected chi connectivity index (χ4v) is 1.43. The summed E-state index contributed by atoms with van der Waals surface area (Å²) in [5.74, 6) is -1.64. The molecule has 1 aromatic heterocycles. The van der Waals surface area contributed by atoms with Gasteiger partial charge in [-0.25, -0.2) is 0 Å². The zero-order valence-electron chi connectivity index (χ0n) is 12.6. The molecule has 0 aliphatic heterocycles. The van der Waals surface area contributed by atoms with Crippen LogP contribution in [-0.2, 0) is 0 Å². The summed E-state index contributed by atoms with van der Waals surface area (Å²) >= 11 is 0. The molecular formula is C14H15N. The van der Waals surface area contributed by atoms with Crippen LogP contribution in [0.3, 0.4) is 0 Å². The minimum Gasteiger partial charge on any atom is -0.256 e. The van der Waals surface area contributed by atoms with Gasteiger partial charge in [0.1, 0.15) is 0 Å². The van der Waals surface area contributed by atoms with E-state index in [9.17, 15) is 0 Å². The third kappa shape index (κ3) is 2.24. The summed E-state index contributed by atoms with van der Waals surface area (Å²) in [7, 11) is 0. The maximum Gasteiger partial charge on any atom is 0.0704 e. The van der Waals surface area contributed by atoms with Gasteiger partial charge < -0.3 is 0 Å². The number of benzene rings is 1. The Balaban J connectivity index is 2.47. The highest BCUT2D eigenvalue weighted by molar-refractivity contribution is 5.59. The van der Waals surface area contributed by atoms with Crippen molar-refractivity contribution in [3.63, 3.8) is 0 Å². The van der Waals surface area contributed by atoms with Crippen molar-refractivity contribution in [3.05, 3.63) is 54.2 Å². The fraction of sp³-hybridized carbons (Fsp3) is 0.214. The molecule has 0 aliphatic carbocycles. The Bertz CT molecular complexity index is 561. The van der Waals surface area contributed by atoms with Gasteiger partial charge in [0.2, 0.25) is 0 Å². The van der Waals surface area contributed by atoms with Crippen LogP contribution >= 0.6 is 0 Å². The van der Waals surface area contributed by atoms with E-state index in [0.29, 0.717) is 11.3 Å². The molecule has 1 unspecified atom stereocenters. The van der Waals surface area contributed by atoms with E-state index in [0.717, 1.165) is 5.56 Å². The molecule has 0 saturated carbocycles. The van der Waals surface area contributed by atoms with Gasteiger partial charge in [-0.15, -0.1) is 0 Å². The van der Waals surface area contributed by atoms with E-state index in [1.54, 1.807) is 18.3 Å². The molecular weight excluding hydrogens is 182 g/mol. The van der Waals surface area contributed by atoms with Crippen molar-refractivity contribution in [2.24, 2.45) is 0 Å². The third-order valence-electron chi connectivity index (χ3n) is 2.26. The predicted molar refractivity (Wildman–Crippen MR) is 63.8 cm³/mol. The lowest BCUT2D eigenvalue weighted by Crippen LogP contribution is -1.90. The van der Waals surface area contributed by atoms with E-state index < -0.39 is 12.7 Å². The second-order valence-electron chi connectivity index (χ2n) is 3.42. The molecule has 76 valence electrons. The minimum absolute atomic E-state index is 0.446. The third-order valence-corrected chi connectivity index (χ3v) is 2.26. The number of aromatic nitrogens is 1. The lowest BCUT2D eigenvalue weighted by Gasteiger charge is -2.07. The van der Waals surface area contributed by atoms with Gasteiger partial charge in [0.15, 0.2) is 0 Å². The number of rotatable bonds is 2. The van der Waals surface area contributed by atoms with Gasteiger partial charge in [-0.1, -0.05) is 44.1 Å². The molecule has 2 aromatic rings. The van der Waals surface area contributed by atoms with Crippen molar-refractivity contribution in [3.8, 4) is 11.3 Å². The number of nitrogens with zero attached hydrogens (tertiary/aromatic N) is 1. The Morgan fingerprint density at radius 2 is 2.07 bits per heavy atom. The molecule has 0 bridgehead atoms. The summed E-state index contributed by atoms with van der Waals surface area (Å²) < 4.78 is 30.5. The molecule has 1 aromatic carbocycles.